The average molecular weight is 435 g/mol. The highest BCUT2D eigenvalue weighted by Crippen LogP contribution is 2.22. The van der Waals surface area contributed by atoms with Crippen LogP contribution in [0.3, 0.4) is 0 Å². The molecule has 0 spiro atoms. The lowest BCUT2D eigenvalue weighted by Crippen LogP contribution is -2.39. The van der Waals surface area contributed by atoms with Gasteiger partial charge in [-0.15, -0.1) is 0 Å². The minimum Gasteiger partial charge on any atom is -0.342 e. The summed E-state index contributed by atoms with van der Waals surface area (Å²) >= 11 is 0. The monoisotopic (exact) mass is 434 g/mol. The summed E-state index contributed by atoms with van der Waals surface area (Å²) in [4.78, 5) is 32.8. The molecule has 0 saturated heterocycles. The quantitative estimate of drug-likeness (QED) is 0.532. The van der Waals surface area contributed by atoms with E-state index in [1.807, 2.05) is 58.9 Å². The Morgan fingerprint density at radius 1 is 0.906 bits per heavy atom. The summed E-state index contributed by atoms with van der Waals surface area (Å²) < 4.78 is 1.95. The zero-order valence-electron chi connectivity index (χ0n) is 19.7. The third kappa shape index (κ3) is 5.75. The lowest BCUT2D eigenvalue weighted by molar-refractivity contribution is -0.132. The van der Waals surface area contributed by atoms with Crippen LogP contribution in [0.1, 0.15) is 56.8 Å². The number of nitrogens with one attached hydrogen (secondary N) is 1. The fraction of sp³-hybridized carbons (Fsp3) is 0.423. The second kappa shape index (κ2) is 10.4. The van der Waals surface area contributed by atoms with Crippen molar-refractivity contribution in [3.05, 3.63) is 66.0 Å². The summed E-state index contributed by atoms with van der Waals surface area (Å²) in [6.07, 6.45) is 0. The molecule has 0 aliphatic carbocycles. The summed E-state index contributed by atoms with van der Waals surface area (Å²) in [5.41, 5.74) is 2.30. The lowest BCUT2D eigenvalue weighted by Gasteiger charge is -2.27. The highest BCUT2D eigenvalue weighted by molar-refractivity contribution is 5.94. The molecule has 32 heavy (non-hydrogen) atoms. The van der Waals surface area contributed by atoms with Gasteiger partial charge in [0.2, 0.25) is 5.91 Å². The number of imidazole rings is 1. The maximum atomic E-state index is 13.3. The first-order valence-corrected chi connectivity index (χ1v) is 11.3. The number of aromatic nitrogens is 2. The van der Waals surface area contributed by atoms with Crippen LogP contribution in [0.4, 0.5) is 0 Å². The molecule has 1 aromatic heterocycles. The summed E-state index contributed by atoms with van der Waals surface area (Å²) in [7, 11) is 0. The summed E-state index contributed by atoms with van der Waals surface area (Å²) in [5, 5.41) is 3.03. The van der Waals surface area contributed by atoms with Crippen molar-refractivity contribution in [2.45, 2.75) is 47.2 Å². The molecule has 6 heteroatoms. The van der Waals surface area contributed by atoms with E-state index in [0.717, 1.165) is 24.1 Å². The molecule has 0 fully saturated rings. The molecule has 1 N–H and O–H groups in total. The molecular weight excluding hydrogens is 400 g/mol. The smallest absolute Gasteiger partial charge is 0.251 e. The first-order chi connectivity index (χ1) is 15.3. The molecular formula is C26H34N4O2. The van der Waals surface area contributed by atoms with E-state index in [1.165, 1.54) is 0 Å². The van der Waals surface area contributed by atoms with Gasteiger partial charge in [0.15, 0.2) is 0 Å². The van der Waals surface area contributed by atoms with E-state index in [9.17, 15) is 9.59 Å². The van der Waals surface area contributed by atoms with Crippen LogP contribution in [0.2, 0.25) is 0 Å². The third-order valence-electron chi connectivity index (χ3n) is 5.27. The number of carbonyl (C=O) groups is 2. The van der Waals surface area contributed by atoms with Gasteiger partial charge in [0, 0.05) is 18.7 Å². The van der Waals surface area contributed by atoms with Crippen LogP contribution in [0.15, 0.2) is 54.6 Å². The standard InChI is InChI=1S/C26H34N4O2/c1-18(2)15-29(16-19(3)4)24(31)17-30-23-14-10-9-13-22(23)28-25(30)20(5)27-26(32)21-11-7-6-8-12-21/h6-14,18-20H,15-17H2,1-5H3,(H,27,32). The van der Waals surface area contributed by atoms with Crippen molar-refractivity contribution < 1.29 is 9.59 Å². The van der Waals surface area contributed by atoms with Gasteiger partial charge < -0.3 is 14.8 Å². The van der Waals surface area contributed by atoms with E-state index in [0.29, 0.717) is 23.2 Å². The molecule has 0 bridgehead atoms. The molecule has 0 radical (unpaired) electrons. The molecule has 170 valence electrons. The maximum Gasteiger partial charge on any atom is 0.251 e. The number of nitrogens with zero attached hydrogens (tertiary/aromatic N) is 3. The average Bonchev–Trinajstić information content (AvgIpc) is 3.12. The Labute approximate surface area is 190 Å². The fourth-order valence-corrected chi connectivity index (χ4v) is 3.92. The van der Waals surface area contributed by atoms with Crippen molar-refractivity contribution >= 4 is 22.8 Å². The minimum absolute atomic E-state index is 0.0680. The first kappa shape index (κ1) is 23.5. The number of benzene rings is 2. The Kier molecular flexibility index (Phi) is 7.67. The predicted molar refractivity (Wildman–Crippen MR) is 128 cm³/mol. The van der Waals surface area contributed by atoms with Crippen LogP contribution < -0.4 is 5.32 Å². The van der Waals surface area contributed by atoms with Crippen molar-refractivity contribution in [2.24, 2.45) is 11.8 Å². The topological polar surface area (TPSA) is 67.2 Å². The summed E-state index contributed by atoms with van der Waals surface area (Å²) in [5.74, 6) is 1.36. The zero-order chi connectivity index (χ0) is 23.3. The summed E-state index contributed by atoms with van der Waals surface area (Å²) in [6.45, 7) is 12.0. The van der Waals surface area contributed by atoms with Gasteiger partial charge in [-0.1, -0.05) is 58.0 Å². The molecule has 0 aliphatic rings. The van der Waals surface area contributed by atoms with Gasteiger partial charge >= 0.3 is 0 Å². The number of para-hydroxylation sites is 2. The molecule has 0 saturated carbocycles. The normalized spacial score (nSPS) is 12.3. The number of hydrogen-bond donors (Lipinski definition) is 1. The van der Waals surface area contributed by atoms with Gasteiger partial charge in [-0.2, -0.15) is 0 Å². The van der Waals surface area contributed by atoms with Crippen molar-refractivity contribution in [1.29, 1.82) is 0 Å². The van der Waals surface area contributed by atoms with E-state index < -0.39 is 0 Å². The minimum atomic E-state index is -0.355. The zero-order valence-corrected chi connectivity index (χ0v) is 19.7. The molecule has 3 rings (SSSR count). The van der Waals surface area contributed by atoms with E-state index in [1.54, 1.807) is 12.1 Å². The van der Waals surface area contributed by atoms with Gasteiger partial charge in [0.05, 0.1) is 17.1 Å². The molecule has 2 aromatic carbocycles. The first-order valence-electron chi connectivity index (χ1n) is 11.3. The van der Waals surface area contributed by atoms with Crippen LogP contribution in [-0.4, -0.2) is 39.4 Å². The molecule has 1 heterocycles. The van der Waals surface area contributed by atoms with Crippen LogP contribution in [0.25, 0.3) is 11.0 Å². The van der Waals surface area contributed by atoms with Crippen molar-refractivity contribution in [3.8, 4) is 0 Å². The third-order valence-corrected chi connectivity index (χ3v) is 5.27. The van der Waals surface area contributed by atoms with E-state index in [-0.39, 0.29) is 24.4 Å². The van der Waals surface area contributed by atoms with E-state index in [2.05, 4.69) is 33.0 Å². The van der Waals surface area contributed by atoms with Crippen molar-refractivity contribution in [1.82, 2.24) is 19.8 Å². The van der Waals surface area contributed by atoms with Crippen LogP contribution in [0.5, 0.6) is 0 Å². The number of rotatable bonds is 9. The van der Waals surface area contributed by atoms with Gasteiger partial charge in [-0.3, -0.25) is 9.59 Å². The molecule has 3 aromatic rings. The Bertz CT molecular complexity index is 1050. The second-order valence-electron chi connectivity index (χ2n) is 9.19. The largest absolute Gasteiger partial charge is 0.342 e. The van der Waals surface area contributed by atoms with Gasteiger partial charge in [-0.25, -0.2) is 4.98 Å². The van der Waals surface area contributed by atoms with E-state index in [4.69, 9.17) is 4.98 Å². The van der Waals surface area contributed by atoms with Crippen LogP contribution in [0, 0.1) is 11.8 Å². The highest BCUT2D eigenvalue weighted by atomic mass is 16.2. The Morgan fingerprint density at radius 3 is 2.12 bits per heavy atom. The molecule has 6 nitrogen and oxygen atoms in total. The Hall–Kier alpha value is -3.15. The maximum absolute atomic E-state index is 13.3. The molecule has 0 aliphatic heterocycles. The molecule has 1 atom stereocenters. The van der Waals surface area contributed by atoms with Gasteiger partial charge in [-0.05, 0) is 43.0 Å². The Morgan fingerprint density at radius 2 is 1.50 bits per heavy atom. The van der Waals surface area contributed by atoms with Crippen molar-refractivity contribution in [3.63, 3.8) is 0 Å². The van der Waals surface area contributed by atoms with Gasteiger partial charge in [0.25, 0.3) is 5.91 Å². The number of carbonyl (C=O) groups excluding carboxylic acids is 2. The fourth-order valence-electron chi connectivity index (χ4n) is 3.92. The van der Waals surface area contributed by atoms with Crippen molar-refractivity contribution in [2.75, 3.05) is 13.1 Å². The highest BCUT2D eigenvalue weighted by Gasteiger charge is 2.23. The van der Waals surface area contributed by atoms with E-state index >= 15 is 0 Å². The van der Waals surface area contributed by atoms with Crippen LogP contribution >= 0.6 is 0 Å². The number of fused-ring (bicyclic) bond motifs is 1. The van der Waals surface area contributed by atoms with Gasteiger partial charge in [0.1, 0.15) is 12.4 Å². The molecule has 1 unspecified atom stereocenters. The second-order valence-corrected chi connectivity index (χ2v) is 9.19. The Balaban J connectivity index is 1.89. The number of hydrogen-bond acceptors (Lipinski definition) is 3. The molecule has 2 amide bonds. The summed E-state index contributed by atoms with van der Waals surface area (Å²) in [6, 6.07) is 16.6. The SMILES string of the molecule is CC(C)CN(CC(C)C)C(=O)Cn1c(C(C)NC(=O)c2ccccc2)nc2ccccc21. The predicted octanol–water partition coefficient (Wildman–Crippen LogP) is 4.67. The van der Waals surface area contributed by atoms with Crippen LogP contribution in [-0.2, 0) is 11.3 Å². The number of amides is 2. The lowest BCUT2D eigenvalue weighted by atomic mass is 10.1.